The van der Waals surface area contributed by atoms with Gasteiger partial charge in [-0.05, 0) is 23.9 Å². The lowest BCUT2D eigenvalue weighted by Gasteiger charge is -2.33. The number of hydrogen-bond acceptors (Lipinski definition) is 1. The fourth-order valence-electron chi connectivity index (χ4n) is 2.68. The molecule has 0 aliphatic heterocycles. The maximum absolute atomic E-state index is 3.25. The highest BCUT2D eigenvalue weighted by atomic mass is 28.4. The fraction of sp³-hybridized carbons (Fsp3) is 1.00. The monoisotopic (exact) mass is 335 g/mol. The Bertz CT molecular complexity index is 171. The molecule has 0 bridgehead atoms. The zero-order valence-corrected chi connectivity index (χ0v) is 21.8. The molecule has 0 aliphatic carbocycles. The molecule has 6 heteroatoms. The molecule has 0 atom stereocenters. The minimum Gasteiger partial charge on any atom is -0.380 e. The van der Waals surface area contributed by atoms with Gasteiger partial charge in [0, 0.05) is 20.5 Å². The molecule has 0 saturated heterocycles. The summed E-state index contributed by atoms with van der Waals surface area (Å²) in [6.07, 6.45) is 0. The molecule has 0 aromatic carbocycles. The van der Waals surface area contributed by atoms with Crippen LogP contribution >= 0.6 is 0 Å². The van der Waals surface area contributed by atoms with Crippen LogP contribution in [0.5, 0.6) is 0 Å². The summed E-state index contributed by atoms with van der Waals surface area (Å²) in [5, 5.41) is 0. The molecule has 0 aromatic rings. The van der Waals surface area contributed by atoms with Crippen molar-refractivity contribution in [2.24, 2.45) is 11.8 Å². The Balaban J connectivity index is 4.47. The second-order valence-corrected chi connectivity index (χ2v) is 17.9. The van der Waals surface area contributed by atoms with E-state index >= 15 is 0 Å². The van der Waals surface area contributed by atoms with Crippen molar-refractivity contribution in [2.75, 3.05) is 0 Å². The van der Waals surface area contributed by atoms with Crippen molar-refractivity contribution in [3.8, 4) is 0 Å². The summed E-state index contributed by atoms with van der Waals surface area (Å²) in [6, 6.07) is 9.62. The highest BCUT2D eigenvalue weighted by Crippen LogP contribution is 2.18. The van der Waals surface area contributed by atoms with Crippen molar-refractivity contribution in [1.29, 1.82) is 0 Å². The van der Waals surface area contributed by atoms with Gasteiger partial charge in [0.05, 0.1) is 28.3 Å². The van der Waals surface area contributed by atoms with Gasteiger partial charge in [0.1, 0.15) is 0 Å². The van der Waals surface area contributed by atoms with Gasteiger partial charge in [-0.15, -0.1) is 0 Å². The first kappa shape index (κ1) is 19.0. The van der Waals surface area contributed by atoms with Crippen molar-refractivity contribution < 1.29 is 0 Å². The minimum absolute atomic E-state index is 0.179. The molecular weight excluding hydrogens is 299 g/mol. The normalized spacial score (nSPS) is 14.0. The van der Waals surface area contributed by atoms with Crippen molar-refractivity contribution in [3.63, 3.8) is 0 Å². The molecule has 0 unspecified atom stereocenters. The SMILES string of the molecule is CC(C)C[SiH](CC(C)C)N([SiH2]CC[SiH3])[SiH2]CC[SiH3]. The van der Waals surface area contributed by atoms with E-state index in [-0.39, 0.29) is 19.4 Å². The van der Waals surface area contributed by atoms with Gasteiger partial charge < -0.3 is 3.90 Å². The third kappa shape index (κ3) is 9.91. The predicted octanol–water partition coefficient (Wildman–Crippen LogP) is -0.104. The summed E-state index contributed by atoms with van der Waals surface area (Å²) in [5.74, 6) is 1.89. The average molecular weight is 336 g/mol. The molecule has 1 nitrogen and oxygen atoms in total. The van der Waals surface area contributed by atoms with E-state index in [9.17, 15) is 0 Å². The molecule has 0 aliphatic rings. The van der Waals surface area contributed by atoms with Crippen molar-refractivity contribution in [2.45, 2.75) is 64.0 Å². The Kier molecular flexibility index (Phi) is 12.5. The zero-order valence-electron chi connectivity index (χ0n) is 13.8. The molecular formula is C12H37NSi5. The van der Waals surface area contributed by atoms with Crippen molar-refractivity contribution >= 4 is 48.8 Å². The van der Waals surface area contributed by atoms with E-state index in [0.717, 1.165) is 11.8 Å². The molecule has 0 amide bonds. The van der Waals surface area contributed by atoms with Gasteiger partial charge in [0.2, 0.25) is 0 Å². The van der Waals surface area contributed by atoms with Crippen LogP contribution in [0.1, 0.15) is 27.7 Å². The average Bonchev–Trinajstić information content (AvgIpc) is 2.27. The maximum atomic E-state index is 3.25. The first-order valence-corrected chi connectivity index (χ1v) is 16.5. The van der Waals surface area contributed by atoms with Gasteiger partial charge in [-0.3, -0.25) is 0 Å². The Morgan fingerprint density at radius 1 is 0.889 bits per heavy atom. The Morgan fingerprint density at radius 2 is 1.28 bits per heavy atom. The smallest absolute Gasteiger partial charge is 0.0977 e. The van der Waals surface area contributed by atoms with E-state index < -0.39 is 8.96 Å². The van der Waals surface area contributed by atoms with Gasteiger partial charge in [0.15, 0.2) is 0 Å². The van der Waals surface area contributed by atoms with E-state index in [1.54, 1.807) is 36.3 Å². The molecule has 18 heavy (non-hydrogen) atoms. The summed E-state index contributed by atoms with van der Waals surface area (Å²) in [7, 11) is 2.69. The van der Waals surface area contributed by atoms with Crippen LogP contribution in [0.4, 0.5) is 0 Å². The topological polar surface area (TPSA) is 3.24 Å². The van der Waals surface area contributed by atoms with Gasteiger partial charge in [-0.1, -0.05) is 51.9 Å². The second kappa shape index (κ2) is 11.8. The zero-order chi connectivity index (χ0) is 14.0. The van der Waals surface area contributed by atoms with Crippen LogP contribution in [0.25, 0.3) is 0 Å². The fourth-order valence-corrected chi connectivity index (χ4v) is 17.0. The molecule has 0 radical (unpaired) electrons. The first-order valence-electron chi connectivity index (χ1n) is 8.25. The molecule has 0 saturated carbocycles. The summed E-state index contributed by atoms with van der Waals surface area (Å²) >= 11 is 0. The van der Waals surface area contributed by atoms with Crippen molar-refractivity contribution in [1.82, 2.24) is 3.90 Å². The van der Waals surface area contributed by atoms with Gasteiger partial charge >= 0.3 is 0 Å². The van der Waals surface area contributed by atoms with E-state index in [4.69, 9.17) is 0 Å². The van der Waals surface area contributed by atoms with E-state index in [1.165, 1.54) is 20.5 Å². The largest absolute Gasteiger partial charge is 0.380 e. The van der Waals surface area contributed by atoms with Crippen molar-refractivity contribution in [3.05, 3.63) is 0 Å². The minimum atomic E-state index is -0.540. The van der Waals surface area contributed by atoms with Crippen LogP contribution in [0.2, 0.25) is 36.3 Å². The number of rotatable bonds is 11. The summed E-state index contributed by atoms with van der Waals surface area (Å²) < 4.78 is 3.25. The Labute approximate surface area is 128 Å². The van der Waals surface area contributed by atoms with Crippen LogP contribution in [0.3, 0.4) is 0 Å². The summed E-state index contributed by atoms with van der Waals surface area (Å²) in [5.41, 5.74) is 0. The maximum Gasteiger partial charge on any atom is 0.0977 e. The van der Waals surface area contributed by atoms with Crippen LogP contribution in [-0.4, -0.2) is 52.7 Å². The number of hydrogen-bond donors (Lipinski definition) is 0. The standard InChI is InChI=1S/C12H37NSi5/c1-11(2)9-18(10-12(3)4)13(16-7-5-14)17-8-6-15/h11-12,18H,5-10,16-17H2,1-4,14-15H3. The summed E-state index contributed by atoms with van der Waals surface area (Å²) in [4.78, 5) is 0. The van der Waals surface area contributed by atoms with Crippen LogP contribution < -0.4 is 0 Å². The molecule has 0 rings (SSSR count). The number of nitrogens with zero attached hydrogens (tertiary/aromatic N) is 1. The van der Waals surface area contributed by atoms with Crippen LogP contribution in [0, 0.1) is 11.8 Å². The Hall–Kier alpha value is 1.04. The quantitative estimate of drug-likeness (QED) is 0.477. The second-order valence-electron chi connectivity index (χ2n) is 6.66. The lowest BCUT2D eigenvalue weighted by molar-refractivity contribution is 0.670. The third-order valence-corrected chi connectivity index (χ3v) is 21.6. The lowest BCUT2D eigenvalue weighted by atomic mass is 10.3. The molecule has 0 spiro atoms. The highest BCUT2D eigenvalue weighted by Gasteiger charge is 2.21. The molecule has 0 aromatic heterocycles. The molecule has 110 valence electrons. The van der Waals surface area contributed by atoms with Crippen LogP contribution in [0.15, 0.2) is 0 Å². The summed E-state index contributed by atoms with van der Waals surface area (Å²) in [6.45, 7) is 9.78. The Morgan fingerprint density at radius 3 is 1.56 bits per heavy atom. The highest BCUT2D eigenvalue weighted by molar-refractivity contribution is 6.75. The first-order chi connectivity index (χ1) is 8.51. The van der Waals surface area contributed by atoms with Crippen LogP contribution in [-0.2, 0) is 0 Å². The molecule has 0 N–H and O–H groups in total. The third-order valence-electron chi connectivity index (χ3n) is 3.60. The van der Waals surface area contributed by atoms with Gasteiger partial charge in [-0.25, -0.2) is 0 Å². The van der Waals surface area contributed by atoms with Gasteiger partial charge in [0.25, 0.3) is 0 Å². The predicted molar refractivity (Wildman–Crippen MR) is 104 cm³/mol. The molecule has 0 fully saturated rings. The van der Waals surface area contributed by atoms with E-state index in [0.29, 0.717) is 0 Å². The van der Waals surface area contributed by atoms with Gasteiger partial charge in [-0.2, -0.15) is 0 Å². The van der Waals surface area contributed by atoms with E-state index in [2.05, 4.69) is 31.6 Å². The lowest BCUT2D eigenvalue weighted by Crippen LogP contribution is -2.45. The van der Waals surface area contributed by atoms with E-state index in [1.807, 2.05) is 0 Å². The molecule has 0 heterocycles.